The van der Waals surface area contributed by atoms with Crippen LogP contribution in [0.3, 0.4) is 0 Å². The second kappa shape index (κ2) is 3.97. The third-order valence-electron chi connectivity index (χ3n) is 3.79. The Morgan fingerprint density at radius 1 is 1.38 bits per heavy atom. The molecule has 1 fully saturated rings. The number of hydrogen-bond acceptors (Lipinski definition) is 2. The highest BCUT2D eigenvalue weighted by atomic mass is 16.3. The Labute approximate surface area is 81.7 Å². The van der Waals surface area contributed by atoms with Crippen LogP contribution in [0.4, 0.5) is 0 Å². The van der Waals surface area contributed by atoms with Crippen molar-refractivity contribution in [3.63, 3.8) is 0 Å². The van der Waals surface area contributed by atoms with Gasteiger partial charge in [0.2, 0.25) is 0 Å². The molecule has 1 rings (SSSR count). The number of rotatable bonds is 2. The van der Waals surface area contributed by atoms with E-state index >= 15 is 0 Å². The van der Waals surface area contributed by atoms with Crippen LogP contribution >= 0.6 is 0 Å². The van der Waals surface area contributed by atoms with Crippen LogP contribution in [0, 0.1) is 17.8 Å². The molecule has 2 heteroatoms. The lowest BCUT2D eigenvalue weighted by molar-refractivity contribution is -0.0901. The molecule has 0 bridgehead atoms. The van der Waals surface area contributed by atoms with Gasteiger partial charge in [-0.3, -0.25) is 0 Å². The van der Waals surface area contributed by atoms with E-state index in [2.05, 4.69) is 33.0 Å². The first kappa shape index (κ1) is 11.0. The van der Waals surface area contributed by atoms with Gasteiger partial charge in [-0.2, -0.15) is 0 Å². The fourth-order valence-electron chi connectivity index (χ4n) is 2.28. The first-order valence-corrected chi connectivity index (χ1v) is 5.41. The quantitative estimate of drug-likeness (QED) is 0.685. The second-order valence-electron chi connectivity index (χ2n) is 4.88. The highest BCUT2D eigenvalue weighted by molar-refractivity contribution is 4.94. The minimum absolute atomic E-state index is 0.374. The summed E-state index contributed by atoms with van der Waals surface area (Å²) in [7, 11) is 0. The maximum atomic E-state index is 10.5. The molecule has 0 radical (unpaired) electrons. The maximum Gasteiger partial charge on any atom is 0.0725 e. The average Bonchev–Trinajstić information content (AvgIpc) is 2.09. The molecule has 1 aliphatic heterocycles. The van der Waals surface area contributed by atoms with Crippen LogP contribution in [-0.4, -0.2) is 23.8 Å². The fraction of sp³-hybridized carbons (Fsp3) is 1.00. The molecule has 3 atom stereocenters. The molecular formula is C11H23NO. The zero-order chi connectivity index (χ0) is 10.1. The van der Waals surface area contributed by atoms with Crippen LogP contribution in [0.1, 0.15) is 34.1 Å². The maximum absolute atomic E-state index is 10.5. The Morgan fingerprint density at radius 3 is 2.46 bits per heavy atom. The molecule has 0 amide bonds. The molecule has 0 aromatic heterocycles. The number of hydrogen-bond donors (Lipinski definition) is 2. The Kier molecular flexibility index (Phi) is 3.36. The van der Waals surface area contributed by atoms with Crippen molar-refractivity contribution in [1.82, 2.24) is 5.32 Å². The highest BCUT2D eigenvalue weighted by Crippen LogP contribution is 2.35. The van der Waals surface area contributed by atoms with Crippen molar-refractivity contribution in [3.8, 4) is 0 Å². The Hall–Kier alpha value is -0.0800. The molecule has 0 aliphatic carbocycles. The monoisotopic (exact) mass is 185 g/mol. The van der Waals surface area contributed by atoms with Crippen LogP contribution in [-0.2, 0) is 0 Å². The lowest BCUT2D eigenvalue weighted by Crippen LogP contribution is -2.54. The van der Waals surface area contributed by atoms with Crippen molar-refractivity contribution in [2.75, 3.05) is 13.1 Å². The zero-order valence-corrected chi connectivity index (χ0v) is 9.30. The highest BCUT2D eigenvalue weighted by Gasteiger charge is 2.41. The Balaban J connectivity index is 2.71. The third kappa shape index (κ3) is 2.05. The molecule has 0 aromatic carbocycles. The fourth-order valence-corrected chi connectivity index (χ4v) is 2.28. The lowest BCUT2D eigenvalue weighted by atomic mass is 9.70. The van der Waals surface area contributed by atoms with E-state index in [1.165, 1.54) is 0 Å². The second-order valence-corrected chi connectivity index (χ2v) is 4.88. The topological polar surface area (TPSA) is 32.3 Å². The van der Waals surface area contributed by atoms with Gasteiger partial charge in [-0.25, -0.2) is 0 Å². The smallest absolute Gasteiger partial charge is 0.0725 e. The summed E-state index contributed by atoms with van der Waals surface area (Å²) in [6.45, 7) is 10.6. The molecule has 1 heterocycles. The summed E-state index contributed by atoms with van der Waals surface area (Å²) in [5.74, 6) is 1.33. The van der Waals surface area contributed by atoms with Crippen molar-refractivity contribution in [3.05, 3.63) is 0 Å². The predicted octanol–water partition coefficient (Wildman–Crippen LogP) is 1.64. The predicted molar refractivity (Wildman–Crippen MR) is 55.6 cm³/mol. The summed E-state index contributed by atoms with van der Waals surface area (Å²) >= 11 is 0. The van der Waals surface area contributed by atoms with E-state index in [0.717, 1.165) is 19.5 Å². The van der Waals surface area contributed by atoms with Gasteiger partial charge in [0, 0.05) is 6.54 Å². The summed E-state index contributed by atoms with van der Waals surface area (Å²) in [6, 6.07) is 0. The molecule has 0 spiro atoms. The lowest BCUT2D eigenvalue weighted by Gasteiger charge is -2.44. The Bertz CT molecular complexity index is 169. The summed E-state index contributed by atoms with van der Waals surface area (Å²) in [6.07, 6.45) is 0.896. The van der Waals surface area contributed by atoms with Gasteiger partial charge in [0.05, 0.1) is 5.60 Å². The van der Waals surface area contributed by atoms with Crippen LogP contribution in [0.5, 0.6) is 0 Å². The zero-order valence-electron chi connectivity index (χ0n) is 9.30. The van der Waals surface area contributed by atoms with Gasteiger partial charge in [0.25, 0.3) is 0 Å². The first-order chi connectivity index (χ1) is 5.98. The van der Waals surface area contributed by atoms with Crippen molar-refractivity contribution in [2.45, 2.75) is 39.7 Å². The van der Waals surface area contributed by atoms with Gasteiger partial charge in [-0.1, -0.05) is 27.7 Å². The van der Waals surface area contributed by atoms with E-state index in [9.17, 15) is 5.11 Å². The molecule has 0 aromatic rings. The van der Waals surface area contributed by atoms with Gasteiger partial charge < -0.3 is 10.4 Å². The molecule has 1 saturated heterocycles. The normalized spacial score (nSPS) is 37.8. The van der Waals surface area contributed by atoms with Crippen LogP contribution < -0.4 is 5.32 Å². The standard InChI is InChI=1S/C11H23NO/c1-8(2)10(4)11(13)5-6-12-7-9(11)3/h8-10,12-13H,5-7H2,1-4H3. The molecule has 13 heavy (non-hydrogen) atoms. The number of piperidine rings is 1. The minimum Gasteiger partial charge on any atom is -0.389 e. The van der Waals surface area contributed by atoms with Crippen LogP contribution in [0.25, 0.3) is 0 Å². The summed E-state index contributed by atoms with van der Waals surface area (Å²) < 4.78 is 0. The molecule has 2 nitrogen and oxygen atoms in total. The van der Waals surface area contributed by atoms with Gasteiger partial charge in [0.15, 0.2) is 0 Å². The largest absolute Gasteiger partial charge is 0.389 e. The van der Waals surface area contributed by atoms with Crippen molar-refractivity contribution in [2.24, 2.45) is 17.8 Å². The average molecular weight is 185 g/mol. The summed E-state index contributed by atoms with van der Waals surface area (Å²) in [5, 5.41) is 13.9. The van der Waals surface area contributed by atoms with E-state index in [4.69, 9.17) is 0 Å². The van der Waals surface area contributed by atoms with E-state index < -0.39 is 5.60 Å². The van der Waals surface area contributed by atoms with Gasteiger partial charge in [-0.15, -0.1) is 0 Å². The number of aliphatic hydroxyl groups is 1. The van der Waals surface area contributed by atoms with Crippen molar-refractivity contribution >= 4 is 0 Å². The van der Waals surface area contributed by atoms with Gasteiger partial charge in [0.1, 0.15) is 0 Å². The van der Waals surface area contributed by atoms with E-state index in [-0.39, 0.29) is 0 Å². The molecular weight excluding hydrogens is 162 g/mol. The van der Waals surface area contributed by atoms with Gasteiger partial charge in [-0.05, 0) is 30.7 Å². The summed E-state index contributed by atoms with van der Waals surface area (Å²) in [4.78, 5) is 0. The van der Waals surface area contributed by atoms with Crippen molar-refractivity contribution < 1.29 is 5.11 Å². The SMILES string of the molecule is CC(C)C(C)C1(O)CCNCC1C. The van der Waals surface area contributed by atoms with Crippen LogP contribution in [0.2, 0.25) is 0 Å². The molecule has 1 aliphatic rings. The molecule has 3 unspecified atom stereocenters. The van der Waals surface area contributed by atoms with E-state index in [1.54, 1.807) is 0 Å². The van der Waals surface area contributed by atoms with E-state index in [1.807, 2.05) is 0 Å². The van der Waals surface area contributed by atoms with Gasteiger partial charge >= 0.3 is 0 Å². The van der Waals surface area contributed by atoms with E-state index in [0.29, 0.717) is 17.8 Å². The summed E-state index contributed by atoms with van der Waals surface area (Å²) in [5.41, 5.74) is -0.445. The molecule has 78 valence electrons. The Morgan fingerprint density at radius 2 is 2.00 bits per heavy atom. The molecule has 0 saturated carbocycles. The molecule has 2 N–H and O–H groups in total. The third-order valence-corrected chi connectivity index (χ3v) is 3.79. The van der Waals surface area contributed by atoms with Crippen molar-refractivity contribution in [1.29, 1.82) is 0 Å². The first-order valence-electron chi connectivity index (χ1n) is 5.41. The number of nitrogens with one attached hydrogen (secondary N) is 1. The van der Waals surface area contributed by atoms with Crippen LogP contribution in [0.15, 0.2) is 0 Å². The minimum atomic E-state index is -0.445.